The molecule has 1 amide bonds. The number of carbonyl (C=O) groups excluding carboxylic acids is 1. The van der Waals surface area contributed by atoms with E-state index in [4.69, 9.17) is 5.73 Å². The molecule has 1 saturated carbocycles. The molecule has 5 nitrogen and oxygen atoms in total. The van der Waals surface area contributed by atoms with Gasteiger partial charge in [0.05, 0.1) is 4.90 Å². The van der Waals surface area contributed by atoms with Crippen molar-refractivity contribution >= 4 is 15.9 Å². The Balaban J connectivity index is 2.52. The fourth-order valence-corrected chi connectivity index (χ4v) is 5.18. The second-order valence-electron chi connectivity index (χ2n) is 8.28. The fourth-order valence-electron chi connectivity index (χ4n) is 3.41. The van der Waals surface area contributed by atoms with E-state index in [0.717, 1.165) is 30.4 Å². The third-order valence-corrected chi connectivity index (χ3v) is 6.95. The van der Waals surface area contributed by atoms with Crippen LogP contribution in [-0.4, -0.2) is 19.9 Å². The highest BCUT2D eigenvalue weighted by molar-refractivity contribution is 7.89. The Morgan fingerprint density at radius 2 is 1.68 bits per heavy atom. The number of benzene rings is 1. The molecule has 3 N–H and O–H groups in total. The predicted molar refractivity (Wildman–Crippen MR) is 99.9 cm³/mol. The van der Waals surface area contributed by atoms with Gasteiger partial charge in [-0.3, -0.25) is 4.79 Å². The molecular weight excluding hydrogens is 336 g/mol. The number of primary amides is 1. The first-order valence-corrected chi connectivity index (χ1v) is 10.3. The second kappa shape index (κ2) is 6.72. The van der Waals surface area contributed by atoms with Gasteiger partial charge in [-0.1, -0.05) is 46.1 Å². The monoisotopic (exact) mass is 366 g/mol. The number of nitrogens with one attached hydrogen (secondary N) is 1. The zero-order valence-corrected chi connectivity index (χ0v) is 16.7. The first-order chi connectivity index (χ1) is 11.4. The molecule has 1 aromatic carbocycles. The number of amides is 1. The van der Waals surface area contributed by atoms with Gasteiger partial charge in [-0.05, 0) is 54.9 Å². The molecule has 1 aromatic rings. The molecule has 6 heteroatoms. The van der Waals surface area contributed by atoms with Crippen LogP contribution < -0.4 is 10.5 Å². The highest BCUT2D eigenvalue weighted by atomic mass is 32.2. The summed E-state index contributed by atoms with van der Waals surface area (Å²) < 4.78 is 29.0. The minimum Gasteiger partial charge on any atom is -0.368 e. The Bertz CT molecular complexity index is 771. The van der Waals surface area contributed by atoms with E-state index in [2.05, 4.69) is 4.72 Å². The maximum Gasteiger partial charge on any atom is 0.241 e. The Morgan fingerprint density at radius 3 is 2.16 bits per heavy atom. The standard InChI is InChI=1S/C19H30N2O3S/c1-13-11-15(18(3,4)5)12-16(14(13)2)25(23,24)21-19(17(20)22)9-7-6-8-10-19/h11-12,21H,6-10H2,1-5H3,(H2,20,22). The van der Waals surface area contributed by atoms with E-state index in [9.17, 15) is 13.2 Å². The number of carbonyl (C=O) groups is 1. The van der Waals surface area contributed by atoms with E-state index < -0.39 is 21.5 Å². The molecule has 0 spiro atoms. The Labute approximate surface area is 151 Å². The molecule has 1 aliphatic carbocycles. The van der Waals surface area contributed by atoms with Crippen LogP contribution in [0, 0.1) is 13.8 Å². The van der Waals surface area contributed by atoms with Crippen LogP contribution in [-0.2, 0) is 20.2 Å². The van der Waals surface area contributed by atoms with Crippen molar-refractivity contribution in [3.05, 3.63) is 28.8 Å². The van der Waals surface area contributed by atoms with Crippen molar-refractivity contribution in [3.63, 3.8) is 0 Å². The Morgan fingerprint density at radius 1 is 1.12 bits per heavy atom. The van der Waals surface area contributed by atoms with E-state index in [1.807, 2.05) is 33.8 Å². The first kappa shape index (κ1) is 19.9. The summed E-state index contributed by atoms with van der Waals surface area (Å²) in [6, 6.07) is 3.75. The van der Waals surface area contributed by atoms with Crippen LogP contribution in [0.3, 0.4) is 0 Å². The normalized spacial score (nSPS) is 18.1. The third-order valence-electron chi connectivity index (χ3n) is 5.28. The van der Waals surface area contributed by atoms with Gasteiger partial charge in [0.2, 0.25) is 15.9 Å². The first-order valence-electron chi connectivity index (χ1n) is 8.85. The molecule has 2 rings (SSSR count). The smallest absolute Gasteiger partial charge is 0.241 e. The van der Waals surface area contributed by atoms with Crippen LogP contribution in [0.2, 0.25) is 0 Å². The van der Waals surface area contributed by atoms with Gasteiger partial charge in [-0.2, -0.15) is 4.72 Å². The largest absolute Gasteiger partial charge is 0.368 e. The SMILES string of the molecule is Cc1cc(C(C)(C)C)cc(S(=O)(=O)NC2(C(N)=O)CCCCC2)c1C. The lowest BCUT2D eigenvalue weighted by molar-refractivity contribution is -0.124. The van der Waals surface area contributed by atoms with Gasteiger partial charge in [-0.25, -0.2) is 8.42 Å². The molecule has 0 aromatic heterocycles. The van der Waals surface area contributed by atoms with Gasteiger partial charge in [0.1, 0.15) is 5.54 Å². The molecule has 25 heavy (non-hydrogen) atoms. The summed E-state index contributed by atoms with van der Waals surface area (Å²) >= 11 is 0. The molecule has 1 fully saturated rings. The molecule has 1 aliphatic rings. The lowest BCUT2D eigenvalue weighted by atomic mass is 9.82. The van der Waals surface area contributed by atoms with Crippen LogP contribution in [0.15, 0.2) is 17.0 Å². The van der Waals surface area contributed by atoms with Crippen LogP contribution in [0.5, 0.6) is 0 Å². The van der Waals surface area contributed by atoms with Crippen molar-refractivity contribution in [2.75, 3.05) is 0 Å². The van der Waals surface area contributed by atoms with Crippen LogP contribution in [0.1, 0.15) is 69.6 Å². The molecule has 0 aliphatic heterocycles. The quantitative estimate of drug-likeness (QED) is 0.858. The third kappa shape index (κ3) is 4.06. The zero-order chi connectivity index (χ0) is 19.0. The van der Waals surface area contributed by atoms with Gasteiger partial charge >= 0.3 is 0 Å². The van der Waals surface area contributed by atoms with E-state index in [1.54, 1.807) is 13.0 Å². The molecule has 0 saturated heterocycles. The summed E-state index contributed by atoms with van der Waals surface area (Å²) in [4.78, 5) is 12.3. The van der Waals surface area contributed by atoms with E-state index in [1.165, 1.54) is 0 Å². The number of sulfonamides is 1. The van der Waals surface area contributed by atoms with Crippen molar-refractivity contribution in [1.82, 2.24) is 4.72 Å². The molecule has 0 radical (unpaired) electrons. The summed E-state index contributed by atoms with van der Waals surface area (Å²) in [6.07, 6.45) is 3.50. The van der Waals surface area contributed by atoms with Crippen molar-refractivity contribution in [2.45, 2.75) is 82.6 Å². The lowest BCUT2D eigenvalue weighted by Crippen LogP contribution is -2.58. The highest BCUT2D eigenvalue weighted by Crippen LogP contribution is 2.33. The van der Waals surface area contributed by atoms with Crippen molar-refractivity contribution < 1.29 is 13.2 Å². The van der Waals surface area contributed by atoms with Crippen LogP contribution >= 0.6 is 0 Å². The zero-order valence-electron chi connectivity index (χ0n) is 15.9. The Hall–Kier alpha value is -1.40. The fraction of sp³-hybridized carbons (Fsp3) is 0.632. The average molecular weight is 367 g/mol. The average Bonchev–Trinajstić information content (AvgIpc) is 2.48. The maximum absolute atomic E-state index is 13.1. The number of aryl methyl sites for hydroxylation is 1. The summed E-state index contributed by atoms with van der Waals surface area (Å²) in [5.74, 6) is -0.586. The number of rotatable bonds is 4. The summed E-state index contributed by atoms with van der Waals surface area (Å²) in [5.41, 5.74) is 6.82. The Kier molecular flexibility index (Phi) is 5.36. The molecular formula is C19H30N2O3S. The molecule has 0 heterocycles. The van der Waals surface area contributed by atoms with Gasteiger partial charge in [-0.15, -0.1) is 0 Å². The number of hydrogen-bond donors (Lipinski definition) is 2. The second-order valence-corrected chi connectivity index (χ2v) is 9.93. The van der Waals surface area contributed by atoms with Crippen LogP contribution in [0.4, 0.5) is 0 Å². The van der Waals surface area contributed by atoms with Gasteiger partial charge in [0.25, 0.3) is 0 Å². The van der Waals surface area contributed by atoms with Crippen molar-refractivity contribution in [2.24, 2.45) is 5.73 Å². The number of hydrogen-bond acceptors (Lipinski definition) is 3. The van der Waals surface area contributed by atoms with Gasteiger partial charge in [0.15, 0.2) is 0 Å². The minimum absolute atomic E-state index is 0.172. The van der Waals surface area contributed by atoms with E-state index >= 15 is 0 Å². The molecule has 140 valence electrons. The number of nitrogens with two attached hydrogens (primary N) is 1. The highest BCUT2D eigenvalue weighted by Gasteiger charge is 2.42. The summed E-state index contributed by atoms with van der Waals surface area (Å²) in [6.45, 7) is 9.86. The lowest BCUT2D eigenvalue weighted by Gasteiger charge is -2.35. The van der Waals surface area contributed by atoms with Gasteiger partial charge < -0.3 is 5.73 Å². The summed E-state index contributed by atoms with van der Waals surface area (Å²) in [5, 5.41) is 0. The molecule has 0 atom stereocenters. The topological polar surface area (TPSA) is 89.3 Å². The van der Waals surface area contributed by atoms with Gasteiger partial charge in [0, 0.05) is 0 Å². The minimum atomic E-state index is -3.85. The molecule has 0 unspecified atom stereocenters. The van der Waals surface area contributed by atoms with Crippen molar-refractivity contribution in [3.8, 4) is 0 Å². The molecule has 0 bridgehead atoms. The van der Waals surface area contributed by atoms with Crippen molar-refractivity contribution in [1.29, 1.82) is 0 Å². The van der Waals surface area contributed by atoms with E-state index in [-0.39, 0.29) is 10.3 Å². The van der Waals surface area contributed by atoms with Crippen LogP contribution in [0.25, 0.3) is 0 Å². The maximum atomic E-state index is 13.1. The van der Waals surface area contributed by atoms with E-state index in [0.29, 0.717) is 18.4 Å². The summed E-state index contributed by atoms with van der Waals surface area (Å²) in [7, 11) is -3.85. The predicted octanol–water partition coefficient (Wildman–Crippen LogP) is 3.07.